The highest BCUT2D eigenvalue weighted by Crippen LogP contribution is 2.10. The summed E-state index contributed by atoms with van der Waals surface area (Å²) in [6, 6.07) is 3.21. The Morgan fingerprint density at radius 2 is 2.25 bits per heavy atom. The van der Waals surface area contributed by atoms with Crippen LogP contribution in [-0.2, 0) is 4.79 Å². The second-order valence-corrected chi connectivity index (χ2v) is 3.69. The fourth-order valence-electron chi connectivity index (χ4n) is 1.11. The van der Waals surface area contributed by atoms with Gasteiger partial charge in [-0.2, -0.15) is 0 Å². The van der Waals surface area contributed by atoms with Crippen molar-refractivity contribution in [3.8, 4) is 0 Å². The molecule has 0 bridgehead atoms. The van der Waals surface area contributed by atoms with Gasteiger partial charge in [-0.15, -0.1) is 0 Å². The van der Waals surface area contributed by atoms with Crippen molar-refractivity contribution in [3.05, 3.63) is 30.1 Å². The maximum Gasteiger partial charge on any atom is 0.329 e. The first-order chi connectivity index (χ1) is 7.49. The molecule has 0 radical (unpaired) electrons. The van der Waals surface area contributed by atoms with Crippen LogP contribution in [0.15, 0.2) is 24.5 Å². The molecule has 0 spiro atoms. The molecule has 0 aliphatic rings. The molecule has 0 aliphatic heterocycles. The van der Waals surface area contributed by atoms with Crippen molar-refractivity contribution >= 4 is 11.9 Å². The van der Waals surface area contributed by atoms with Crippen molar-refractivity contribution in [2.24, 2.45) is 0 Å². The minimum absolute atomic E-state index is 0.314. The Labute approximate surface area is 93.5 Å². The zero-order valence-electron chi connectivity index (χ0n) is 9.23. The van der Waals surface area contributed by atoms with Gasteiger partial charge in [0.15, 0.2) is 0 Å². The molecule has 0 aromatic carbocycles. The van der Waals surface area contributed by atoms with Crippen LogP contribution in [0.1, 0.15) is 30.6 Å². The van der Waals surface area contributed by atoms with Crippen LogP contribution in [0.2, 0.25) is 0 Å². The maximum absolute atomic E-state index is 11.7. The van der Waals surface area contributed by atoms with Crippen LogP contribution in [-0.4, -0.2) is 27.5 Å². The molecule has 1 atom stereocenters. The molecule has 5 heteroatoms. The highest BCUT2D eigenvalue weighted by atomic mass is 16.4. The van der Waals surface area contributed by atoms with Gasteiger partial charge < -0.3 is 10.4 Å². The molecule has 2 N–H and O–H groups in total. The van der Waals surface area contributed by atoms with E-state index in [0.29, 0.717) is 12.0 Å². The van der Waals surface area contributed by atoms with Crippen molar-refractivity contribution in [1.82, 2.24) is 10.3 Å². The predicted molar refractivity (Wildman–Crippen MR) is 58.0 cm³/mol. The number of aromatic nitrogens is 1. The van der Waals surface area contributed by atoms with Crippen molar-refractivity contribution in [2.75, 3.05) is 0 Å². The lowest BCUT2D eigenvalue weighted by Gasteiger charge is -2.24. The van der Waals surface area contributed by atoms with Gasteiger partial charge in [0.1, 0.15) is 5.54 Å². The molecule has 1 amide bonds. The third-order valence-electron chi connectivity index (χ3n) is 2.49. The van der Waals surface area contributed by atoms with Crippen molar-refractivity contribution in [1.29, 1.82) is 0 Å². The van der Waals surface area contributed by atoms with Gasteiger partial charge in [0.2, 0.25) is 0 Å². The Hall–Kier alpha value is -1.91. The van der Waals surface area contributed by atoms with Crippen LogP contribution in [0.3, 0.4) is 0 Å². The summed E-state index contributed by atoms with van der Waals surface area (Å²) in [5, 5.41) is 11.5. The summed E-state index contributed by atoms with van der Waals surface area (Å²) >= 11 is 0. The van der Waals surface area contributed by atoms with Gasteiger partial charge in [-0.05, 0) is 25.5 Å². The van der Waals surface area contributed by atoms with Gasteiger partial charge in [0.25, 0.3) is 5.91 Å². The highest BCUT2D eigenvalue weighted by Gasteiger charge is 2.32. The lowest BCUT2D eigenvalue weighted by atomic mass is 9.99. The van der Waals surface area contributed by atoms with Crippen molar-refractivity contribution in [3.63, 3.8) is 0 Å². The summed E-state index contributed by atoms with van der Waals surface area (Å²) in [6.45, 7) is 3.18. The molecule has 16 heavy (non-hydrogen) atoms. The van der Waals surface area contributed by atoms with Gasteiger partial charge in [0.05, 0.1) is 5.56 Å². The van der Waals surface area contributed by atoms with Crippen LogP contribution in [0.4, 0.5) is 0 Å². The minimum Gasteiger partial charge on any atom is -0.480 e. The number of aliphatic carboxylic acids is 1. The zero-order chi connectivity index (χ0) is 12.2. The summed E-state index contributed by atoms with van der Waals surface area (Å²) in [6.07, 6.45) is 3.26. The summed E-state index contributed by atoms with van der Waals surface area (Å²) in [5.74, 6) is -1.48. The largest absolute Gasteiger partial charge is 0.480 e. The van der Waals surface area contributed by atoms with E-state index in [9.17, 15) is 9.59 Å². The molecule has 86 valence electrons. The molecule has 5 nitrogen and oxygen atoms in total. The highest BCUT2D eigenvalue weighted by molar-refractivity contribution is 5.97. The molecule has 1 rings (SSSR count). The standard InChI is InChI=1S/C11H14N2O3/c1-3-11(2,10(15)16)13-9(14)8-5-4-6-12-7-8/h4-7H,3H2,1-2H3,(H,13,14)(H,15,16). The van der Waals surface area contributed by atoms with E-state index in [4.69, 9.17) is 5.11 Å². The number of carbonyl (C=O) groups is 2. The Bertz CT molecular complexity index is 391. The number of amides is 1. The Morgan fingerprint density at radius 1 is 1.56 bits per heavy atom. The monoisotopic (exact) mass is 222 g/mol. The van der Waals surface area contributed by atoms with Gasteiger partial charge in [-0.3, -0.25) is 9.78 Å². The van der Waals surface area contributed by atoms with Crippen molar-refractivity contribution < 1.29 is 14.7 Å². The van der Waals surface area contributed by atoms with E-state index >= 15 is 0 Å². The van der Waals surface area contributed by atoms with Crippen LogP contribution in [0.5, 0.6) is 0 Å². The van der Waals surface area contributed by atoms with E-state index in [0.717, 1.165) is 0 Å². The summed E-state index contributed by atoms with van der Waals surface area (Å²) < 4.78 is 0. The normalized spacial score (nSPS) is 13.9. The molecule has 1 heterocycles. The molecular weight excluding hydrogens is 208 g/mol. The average Bonchev–Trinajstić information content (AvgIpc) is 2.29. The van der Waals surface area contributed by atoms with E-state index in [1.807, 2.05) is 0 Å². The maximum atomic E-state index is 11.7. The summed E-state index contributed by atoms with van der Waals surface area (Å²) in [5.41, 5.74) is -0.893. The van der Waals surface area contributed by atoms with Gasteiger partial charge in [-0.1, -0.05) is 6.92 Å². The average molecular weight is 222 g/mol. The Balaban J connectivity index is 2.82. The number of nitrogens with zero attached hydrogens (tertiary/aromatic N) is 1. The first-order valence-electron chi connectivity index (χ1n) is 4.95. The van der Waals surface area contributed by atoms with Gasteiger partial charge in [0, 0.05) is 12.4 Å². The molecule has 0 fully saturated rings. The molecule has 1 aromatic heterocycles. The summed E-state index contributed by atoms with van der Waals surface area (Å²) in [7, 11) is 0. The first kappa shape index (κ1) is 12.2. The second-order valence-electron chi connectivity index (χ2n) is 3.69. The van der Waals surface area contributed by atoms with E-state index in [1.165, 1.54) is 13.1 Å². The number of rotatable bonds is 4. The number of carboxylic acid groups (broad SMARTS) is 1. The minimum atomic E-state index is -1.24. The number of pyridine rings is 1. The Morgan fingerprint density at radius 3 is 2.69 bits per heavy atom. The quantitative estimate of drug-likeness (QED) is 0.798. The molecule has 1 unspecified atom stereocenters. The number of hydrogen-bond acceptors (Lipinski definition) is 3. The van der Waals surface area contributed by atoms with Crippen LogP contribution in [0.25, 0.3) is 0 Å². The van der Waals surface area contributed by atoms with Crippen molar-refractivity contribution in [2.45, 2.75) is 25.8 Å². The molecule has 1 aromatic rings. The first-order valence-corrected chi connectivity index (χ1v) is 4.95. The number of nitrogens with one attached hydrogen (secondary N) is 1. The number of hydrogen-bond donors (Lipinski definition) is 2. The van der Waals surface area contributed by atoms with E-state index < -0.39 is 17.4 Å². The van der Waals surface area contributed by atoms with Gasteiger partial charge in [-0.25, -0.2) is 4.79 Å². The molecule has 0 aliphatic carbocycles. The number of carbonyl (C=O) groups excluding carboxylic acids is 1. The lowest BCUT2D eigenvalue weighted by molar-refractivity contribution is -0.143. The SMILES string of the molecule is CCC(C)(NC(=O)c1cccnc1)C(=O)O. The lowest BCUT2D eigenvalue weighted by Crippen LogP contribution is -2.51. The third-order valence-corrected chi connectivity index (χ3v) is 2.49. The van der Waals surface area contributed by atoms with Crippen LogP contribution < -0.4 is 5.32 Å². The topological polar surface area (TPSA) is 79.3 Å². The Kier molecular flexibility index (Phi) is 3.60. The molecular formula is C11H14N2O3. The third kappa shape index (κ3) is 2.56. The van der Waals surface area contributed by atoms with Crippen LogP contribution >= 0.6 is 0 Å². The second kappa shape index (κ2) is 4.74. The summed E-state index contributed by atoms with van der Waals surface area (Å²) in [4.78, 5) is 26.5. The number of carboxylic acids is 1. The van der Waals surface area contributed by atoms with Crippen LogP contribution in [0, 0.1) is 0 Å². The molecule has 0 saturated carbocycles. The predicted octanol–water partition coefficient (Wildman–Crippen LogP) is 1.06. The fraction of sp³-hybridized carbons (Fsp3) is 0.364. The van der Waals surface area contributed by atoms with Gasteiger partial charge >= 0.3 is 5.97 Å². The van der Waals surface area contributed by atoms with E-state index in [-0.39, 0.29) is 0 Å². The zero-order valence-corrected chi connectivity index (χ0v) is 9.23. The van der Waals surface area contributed by atoms with E-state index in [1.54, 1.807) is 25.3 Å². The smallest absolute Gasteiger partial charge is 0.329 e. The molecule has 0 saturated heterocycles. The fourth-order valence-corrected chi connectivity index (χ4v) is 1.11. The van der Waals surface area contributed by atoms with E-state index in [2.05, 4.69) is 10.3 Å².